The minimum absolute atomic E-state index is 0.219. The fraction of sp³-hybridized carbons (Fsp3) is 0.385. The Morgan fingerprint density at radius 3 is 3.00 bits per heavy atom. The number of aliphatic hydroxyl groups is 1. The van der Waals surface area contributed by atoms with Crippen molar-refractivity contribution >= 4 is 23.6 Å². The summed E-state index contributed by atoms with van der Waals surface area (Å²) < 4.78 is 0. The molecule has 0 atom stereocenters. The van der Waals surface area contributed by atoms with Crippen molar-refractivity contribution in [2.75, 3.05) is 6.54 Å². The Morgan fingerprint density at radius 2 is 2.39 bits per heavy atom. The normalized spacial score (nSPS) is 17.4. The van der Waals surface area contributed by atoms with Crippen LogP contribution in [-0.4, -0.2) is 28.1 Å². The minimum Gasteiger partial charge on any atom is -0.388 e. The maximum absolute atomic E-state index is 11.5. The highest BCUT2D eigenvalue weighted by atomic mass is 35.5. The van der Waals surface area contributed by atoms with Gasteiger partial charge in [-0.3, -0.25) is 4.79 Å². The van der Waals surface area contributed by atoms with E-state index in [-0.39, 0.29) is 5.91 Å². The number of rotatable bonds is 4. The number of amides is 1. The van der Waals surface area contributed by atoms with Crippen LogP contribution in [0, 0.1) is 0 Å². The molecule has 1 fully saturated rings. The summed E-state index contributed by atoms with van der Waals surface area (Å²) in [6, 6.07) is 3.43. The van der Waals surface area contributed by atoms with Crippen molar-refractivity contribution in [1.82, 2.24) is 10.3 Å². The second-order valence-electron chi connectivity index (χ2n) is 4.54. The average Bonchev–Trinajstić information content (AvgIpc) is 2.31. The highest BCUT2D eigenvalue weighted by Gasteiger charge is 2.34. The number of nitrogens with one attached hydrogen (secondary N) is 1. The number of pyridine rings is 1. The summed E-state index contributed by atoms with van der Waals surface area (Å²) in [6.45, 7) is 0.313. The zero-order chi connectivity index (χ0) is 13.0. The van der Waals surface area contributed by atoms with Gasteiger partial charge in [-0.15, -0.1) is 0 Å². The van der Waals surface area contributed by atoms with Crippen molar-refractivity contribution in [2.24, 2.45) is 0 Å². The molecule has 1 aromatic rings. The molecule has 5 heteroatoms. The number of nitrogens with zero attached hydrogens (tertiary/aromatic N) is 1. The van der Waals surface area contributed by atoms with Gasteiger partial charge in [-0.25, -0.2) is 4.98 Å². The van der Waals surface area contributed by atoms with Gasteiger partial charge in [0, 0.05) is 18.8 Å². The van der Waals surface area contributed by atoms with E-state index >= 15 is 0 Å². The molecule has 0 bridgehead atoms. The Labute approximate surface area is 111 Å². The van der Waals surface area contributed by atoms with E-state index in [0.717, 1.165) is 24.8 Å². The summed E-state index contributed by atoms with van der Waals surface area (Å²) >= 11 is 5.73. The maximum atomic E-state index is 11.5. The molecule has 0 aliphatic heterocycles. The number of hydrogen-bond donors (Lipinski definition) is 2. The topological polar surface area (TPSA) is 62.2 Å². The molecule has 2 rings (SSSR count). The van der Waals surface area contributed by atoms with Gasteiger partial charge >= 0.3 is 0 Å². The lowest BCUT2D eigenvalue weighted by molar-refractivity contribution is -0.118. The molecule has 96 valence electrons. The van der Waals surface area contributed by atoms with E-state index in [4.69, 9.17) is 11.6 Å². The fourth-order valence-electron chi connectivity index (χ4n) is 1.77. The van der Waals surface area contributed by atoms with E-state index in [0.29, 0.717) is 11.7 Å². The first-order valence-corrected chi connectivity index (χ1v) is 6.25. The first-order valence-electron chi connectivity index (χ1n) is 5.87. The van der Waals surface area contributed by atoms with Crippen molar-refractivity contribution in [3.63, 3.8) is 0 Å². The lowest BCUT2D eigenvalue weighted by atomic mass is 9.80. The van der Waals surface area contributed by atoms with Crippen molar-refractivity contribution in [3.05, 3.63) is 35.1 Å². The summed E-state index contributed by atoms with van der Waals surface area (Å²) in [5, 5.41) is 12.9. The number of carbonyl (C=O) groups excluding carboxylic acids is 1. The van der Waals surface area contributed by atoms with Crippen LogP contribution in [-0.2, 0) is 4.79 Å². The maximum Gasteiger partial charge on any atom is 0.244 e. The molecule has 1 aliphatic carbocycles. The SMILES string of the molecule is O=C(/C=C/c1ccnc(Cl)c1)NCC1(O)CCC1. The molecule has 0 spiro atoms. The third kappa shape index (κ3) is 3.55. The van der Waals surface area contributed by atoms with E-state index in [2.05, 4.69) is 10.3 Å². The highest BCUT2D eigenvalue weighted by molar-refractivity contribution is 6.29. The minimum atomic E-state index is -0.691. The lowest BCUT2D eigenvalue weighted by Crippen LogP contribution is -2.47. The first-order chi connectivity index (χ1) is 8.57. The summed E-state index contributed by atoms with van der Waals surface area (Å²) in [5.41, 5.74) is 0.122. The molecular weight excluding hydrogens is 252 g/mol. The smallest absolute Gasteiger partial charge is 0.244 e. The molecular formula is C13H15ClN2O2. The van der Waals surface area contributed by atoms with Crippen molar-refractivity contribution in [3.8, 4) is 0 Å². The van der Waals surface area contributed by atoms with Crippen LogP contribution in [0.1, 0.15) is 24.8 Å². The van der Waals surface area contributed by atoms with Crippen LogP contribution in [0.4, 0.5) is 0 Å². The van der Waals surface area contributed by atoms with Crippen LogP contribution in [0.5, 0.6) is 0 Å². The molecule has 0 unspecified atom stereocenters. The number of hydrogen-bond acceptors (Lipinski definition) is 3. The molecule has 0 radical (unpaired) electrons. The molecule has 1 aliphatic rings. The van der Waals surface area contributed by atoms with Crippen molar-refractivity contribution < 1.29 is 9.90 Å². The molecule has 0 saturated heterocycles. The standard InChI is InChI=1S/C13H15ClN2O2/c14-11-8-10(4-7-15-11)2-3-12(17)16-9-13(18)5-1-6-13/h2-4,7-8,18H,1,5-6,9H2,(H,16,17)/b3-2+. The van der Waals surface area contributed by atoms with E-state index in [9.17, 15) is 9.90 Å². The first kappa shape index (κ1) is 13.1. The van der Waals surface area contributed by atoms with E-state index in [1.54, 1.807) is 24.4 Å². The molecule has 1 aromatic heterocycles. The molecule has 4 nitrogen and oxygen atoms in total. The lowest BCUT2D eigenvalue weighted by Gasteiger charge is -2.36. The molecule has 2 N–H and O–H groups in total. The van der Waals surface area contributed by atoms with Gasteiger partial charge in [-0.1, -0.05) is 11.6 Å². The number of halogens is 1. The van der Waals surface area contributed by atoms with Crippen LogP contribution in [0.2, 0.25) is 5.15 Å². The second kappa shape index (κ2) is 5.50. The Kier molecular flexibility index (Phi) is 3.99. The summed E-state index contributed by atoms with van der Waals surface area (Å²) in [6.07, 6.45) is 7.21. The predicted molar refractivity (Wildman–Crippen MR) is 70.1 cm³/mol. The van der Waals surface area contributed by atoms with Gasteiger partial charge in [0.15, 0.2) is 0 Å². The number of carbonyl (C=O) groups is 1. The van der Waals surface area contributed by atoms with Gasteiger partial charge in [0.25, 0.3) is 0 Å². The Bertz CT molecular complexity index is 470. The van der Waals surface area contributed by atoms with Gasteiger partial charge in [0.05, 0.1) is 5.60 Å². The zero-order valence-corrected chi connectivity index (χ0v) is 10.7. The predicted octanol–water partition coefficient (Wildman–Crippen LogP) is 1.78. The van der Waals surface area contributed by atoms with Crippen LogP contribution < -0.4 is 5.32 Å². The monoisotopic (exact) mass is 266 g/mol. The molecule has 0 aromatic carbocycles. The van der Waals surface area contributed by atoms with E-state index in [1.807, 2.05) is 0 Å². The zero-order valence-electron chi connectivity index (χ0n) is 9.90. The van der Waals surface area contributed by atoms with E-state index < -0.39 is 5.60 Å². The third-order valence-corrected chi connectivity index (χ3v) is 3.26. The largest absolute Gasteiger partial charge is 0.388 e. The Balaban J connectivity index is 1.83. The van der Waals surface area contributed by atoms with Gasteiger partial charge in [0.1, 0.15) is 5.15 Å². The van der Waals surface area contributed by atoms with Crippen LogP contribution in [0.15, 0.2) is 24.4 Å². The summed E-state index contributed by atoms with van der Waals surface area (Å²) in [4.78, 5) is 15.4. The van der Waals surface area contributed by atoms with Gasteiger partial charge in [-0.2, -0.15) is 0 Å². The van der Waals surface area contributed by atoms with Crippen molar-refractivity contribution in [1.29, 1.82) is 0 Å². The van der Waals surface area contributed by atoms with Gasteiger partial charge in [-0.05, 0) is 43.0 Å². The van der Waals surface area contributed by atoms with E-state index in [1.165, 1.54) is 6.08 Å². The molecule has 1 amide bonds. The number of aromatic nitrogens is 1. The van der Waals surface area contributed by atoms with Crippen molar-refractivity contribution in [2.45, 2.75) is 24.9 Å². The van der Waals surface area contributed by atoms with Crippen LogP contribution in [0.3, 0.4) is 0 Å². The summed E-state index contributed by atoms with van der Waals surface area (Å²) in [5.74, 6) is -0.219. The fourth-order valence-corrected chi connectivity index (χ4v) is 1.95. The average molecular weight is 267 g/mol. The highest BCUT2D eigenvalue weighted by Crippen LogP contribution is 2.30. The third-order valence-electron chi connectivity index (χ3n) is 3.05. The molecule has 1 heterocycles. The van der Waals surface area contributed by atoms with Gasteiger partial charge < -0.3 is 10.4 Å². The molecule has 18 heavy (non-hydrogen) atoms. The Morgan fingerprint density at radius 1 is 1.61 bits per heavy atom. The van der Waals surface area contributed by atoms with Crippen LogP contribution in [0.25, 0.3) is 6.08 Å². The summed E-state index contributed by atoms with van der Waals surface area (Å²) in [7, 11) is 0. The second-order valence-corrected chi connectivity index (χ2v) is 4.93. The van der Waals surface area contributed by atoms with Gasteiger partial charge in [0.2, 0.25) is 5.91 Å². The Hall–Kier alpha value is -1.39. The molecule has 1 saturated carbocycles. The van der Waals surface area contributed by atoms with Crippen LogP contribution >= 0.6 is 11.6 Å². The quantitative estimate of drug-likeness (QED) is 0.645.